The summed E-state index contributed by atoms with van der Waals surface area (Å²) in [6.45, 7) is 0.541. The molecule has 0 heterocycles. The fourth-order valence-corrected chi connectivity index (χ4v) is 2.99. The molecule has 2 aromatic rings. The fraction of sp³-hybridized carbons (Fsp3) is 0.200. The van der Waals surface area contributed by atoms with Crippen molar-refractivity contribution in [1.29, 1.82) is 0 Å². The van der Waals surface area contributed by atoms with Crippen LogP contribution in [0.2, 0.25) is 0 Å². The van der Waals surface area contributed by atoms with Gasteiger partial charge in [0.2, 0.25) is 0 Å². The molecule has 0 atom stereocenters. The first-order chi connectivity index (χ1) is 9.11. The van der Waals surface area contributed by atoms with Crippen molar-refractivity contribution in [2.24, 2.45) is 0 Å². The average molecular weight is 387 g/mol. The van der Waals surface area contributed by atoms with Gasteiger partial charge in [-0.3, -0.25) is 0 Å². The standard InChI is InChI=1S/C15H14Br2FN/c1-19(10-12-4-2-3-5-14(12)18)15-7-6-11(9-16)8-13(15)17/h2-8H,9-10H2,1H3. The zero-order valence-corrected chi connectivity index (χ0v) is 13.7. The van der Waals surface area contributed by atoms with Crippen LogP contribution in [-0.2, 0) is 11.9 Å². The molecule has 0 unspecified atom stereocenters. The Labute approximate surface area is 129 Å². The van der Waals surface area contributed by atoms with Gasteiger partial charge in [0.25, 0.3) is 0 Å². The molecule has 2 rings (SSSR count). The summed E-state index contributed by atoms with van der Waals surface area (Å²) < 4.78 is 14.7. The molecule has 0 N–H and O–H groups in total. The smallest absolute Gasteiger partial charge is 0.128 e. The third-order valence-corrected chi connectivity index (χ3v) is 4.23. The zero-order chi connectivity index (χ0) is 13.8. The number of anilines is 1. The minimum Gasteiger partial charge on any atom is -0.369 e. The van der Waals surface area contributed by atoms with Gasteiger partial charge < -0.3 is 4.90 Å². The van der Waals surface area contributed by atoms with Crippen LogP contribution in [0.5, 0.6) is 0 Å². The minimum atomic E-state index is -0.164. The highest BCUT2D eigenvalue weighted by molar-refractivity contribution is 9.10. The van der Waals surface area contributed by atoms with E-state index in [0.29, 0.717) is 12.1 Å². The minimum absolute atomic E-state index is 0.164. The second-order valence-electron chi connectivity index (χ2n) is 4.37. The van der Waals surface area contributed by atoms with Gasteiger partial charge in [-0.1, -0.05) is 40.2 Å². The molecule has 0 aliphatic rings. The molecule has 0 amide bonds. The van der Waals surface area contributed by atoms with E-state index < -0.39 is 0 Å². The van der Waals surface area contributed by atoms with Crippen molar-refractivity contribution in [1.82, 2.24) is 0 Å². The van der Waals surface area contributed by atoms with E-state index in [1.54, 1.807) is 6.07 Å². The lowest BCUT2D eigenvalue weighted by Gasteiger charge is -2.21. The van der Waals surface area contributed by atoms with Gasteiger partial charge in [-0.15, -0.1) is 0 Å². The van der Waals surface area contributed by atoms with Crippen LogP contribution >= 0.6 is 31.9 Å². The summed E-state index contributed by atoms with van der Waals surface area (Å²) in [5, 5.41) is 0.822. The quantitative estimate of drug-likeness (QED) is 0.659. The fourth-order valence-electron chi connectivity index (χ4n) is 1.91. The molecule has 1 nitrogen and oxygen atoms in total. The van der Waals surface area contributed by atoms with Gasteiger partial charge in [0.05, 0.1) is 5.69 Å². The second-order valence-corrected chi connectivity index (χ2v) is 5.78. The highest BCUT2D eigenvalue weighted by Gasteiger charge is 2.09. The summed E-state index contributed by atoms with van der Waals surface area (Å²) in [5.41, 5.74) is 2.95. The Morgan fingerprint density at radius 1 is 1.16 bits per heavy atom. The van der Waals surface area contributed by atoms with Crippen LogP contribution in [0.25, 0.3) is 0 Å². The maximum Gasteiger partial charge on any atom is 0.128 e. The number of halogens is 3. The van der Waals surface area contributed by atoms with Crippen LogP contribution < -0.4 is 4.90 Å². The van der Waals surface area contributed by atoms with Crippen molar-refractivity contribution >= 4 is 37.5 Å². The number of benzene rings is 2. The summed E-state index contributed by atoms with van der Waals surface area (Å²) in [7, 11) is 1.96. The molecule has 0 bridgehead atoms. The van der Waals surface area contributed by atoms with Gasteiger partial charge in [-0.25, -0.2) is 4.39 Å². The van der Waals surface area contributed by atoms with Gasteiger partial charge in [0.15, 0.2) is 0 Å². The average Bonchev–Trinajstić information content (AvgIpc) is 2.41. The number of hydrogen-bond donors (Lipinski definition) is 0. The van der Waals surface area contributed by atoms with E-state index in [1.807, 2.05) is 30.1 Å². The number of rotatable bonds is 4. The lowest BCUT2D eigenvalue weighted by molar-refractivity contribution is 0.608. The van der Waals surface area contributed by atoms with Crippen LogP contribution in [0.15, 0.2) is 46.9 Å². The van der Waals surface area contributed by atoms with Gasteiger partial charge in [-0.2, -0.15) is 0 Å². The van der Waals surface area contributed by atoms with Crippen molar-refractivity contribution in [3.63, 3.8) is 0 Å². The highest BCUT2D eigenvalue weighted by Crippen LogP contribution is 2.28. The molecular formula is C15H14Br2FN. The van der Waals surface area contributed by atoms with Gasteiger partial charge in [0.1, 0.15) is 5.82 Å². The van der Waals surface area contributed by atoms with Crippen LogP contribution in [0.3, 0.4) is 0 Å². The molecule has 0 spiro atoms. The summed E-state index contributed by atoms with van der Waals surface area (Å²) in [6.07, 6.45) is 0. The van der Waals surface area contributed by atoms with Crippen molar-refractivity contribution in [2.45, 2.75) is 11.9 Å². The highest BCUT2D eigenvalue weighted by atomic mass is 79.9. The molecule has 0 aliphatic carbocycles. The van der Waals surface area contributed by atoms with E-state index in [2.05, 4.69) is 44.0 Å². The molecule has 0 fully saturated rings. The molecule has 0 aliphatic heterocycles. The Morgan fingerprint density at radius 2 is 1.89 bits per heavy atom. The molecule has 0 aromatic heterocycles. The number of alkyl halides is 1. The molecule has 19 heavy (non-hydrogen) atoms. The zero-order valence-electron chi connectivity index (χ0n) is 10.5. The molecule has 0 saturated heterocycles. The van der Waals surface area contributed by atoms with Crippen LogP contribution in [0.4, 0.5) is 10.1 Å². The summed E-state index contributed by atoms with van der Waals surface area (Å²) in [4.78, 5) is 2.03. The van der Waals surface area contributed by atoms with E-state index in [0.717, 1.165) is 15.5 Å². The maximum absolute atomic E-state index is 13.6. The normalized spacial score (nSPS) is 10.5. The number of nitrogens with zero attached hydrogens (tertiary/aromatic N) is 1. The predicted molar refractivity (Wildman–Crippen MR) is 85.3 cm³/mol. The molecule has 0 radical (unpaired) electrons. The largest absolute Gasteiger partial charge is 0.369 e. The first-order valence-corrected chi connectivity index (χ1v) is 7.82. The number of hydrogen-bond acceptors (Lipinski definition) is 1. The van der Waals surface area contributed by atoms with Crippen molar-refractivity contribution in [2.75, 3.05) is 11.9 Å². The lowest BCUT2D eigenvalue weighted by atomic mass is 10.1. The summed E-state index contributed by atoms with van der Waals surface area (Å²) in [6, 6.07) is 13.0. The lowest BCUT2D eigenvalue weighted by Crippen LogP contribution is -2.17. The Hall–Kier alpha value is -0.870. The second kappa shape index (κ2) is 6.53. The predicted octanol–water partition coefficient (Wildman–Crippen LogP) is 5.12. The molecule has 0 saturated carbocycles. The Morgan fingerprint density at radius 3 is 2.53 bits per heavy atom. The van der Waals surface area contributed by atoms with E-state index in [4.69, 9.17) is 0 Å². The summed E-state index contributed by atoms with van der Waals surface area (Å²) >= 11 is 7.00. The molecular weight excluding hydrogens is 373 g/mol. The third kappa shape index (κ3) is 3.57. The molecule has 100 valence electrons. The van der Waals surface area contributed by atoms with Gasteiger partial charge in [0, 0.05) is 29.0 Å². The van der Waals surface area contributed by atoms with Crippen LogP contribution in [0.1, 0.15) is 11.1 Å². The van der Waals surface area contributed by atoms with Gasteiger partial charge in [-0.05, 0) is 39.7 Å². The van der Waals surface area contributed by atoms with Gasteiger partial charge >= 0.3 is 0 Å². The maximum atomic E-state index is 13.6. The topological polar surface area (TPSA) is 3.24 Å². The molecule has 4 heteroatoms. The van der Waals surface area contributed by atoms with E-state index >= 15 is 0 Å². The van der Waals surface area contributed by atoms with Crippen molar-refractivity contribution < 1.29 is 4.39 Å². The van der Waals surface area contributed by atoms with Crippen molar-refractivity contribution in [3.05, 3.63) is 63.9 Å². The van der Waals surface area contributed by atoms with Crippen LogP contribution in [-0.4, -0.2) is 7.05 Å². The summed E-state index contributed by atoms with van der Waals surface area (Å²) in [5.74, 6) is -0.164. The van der Waals surface area contributed by atoms with Crippen LogP contribution in [0, 0.1) is 5.82 Å². The SMILES string of the molecule is CN(Cc1ccccc1F)c1ccc(CBr)cc1Br. The monoisotopic (exact) mass is 385 g/mol. The third-order valence-electron chi connectivity index (χ3n) is 2.94. The van der Waals surface area contributed by atoms with E-state index in [1.165, 1.54) is 11.6 Å². The molecule has 2 aromatic carbocycles. The van der Waals surface area contributed by atoms with E-state index in [9.17, 15) is 4.39 Å². The Balaban J connectivity index is 2.21. The van der Waals surface area contributed by atoms with Crippen molar-refractivity contribution in [3.8, 4) is 0 Å². The van der Waals surface area contributed by atoms with E-state index in [-0.39, 0.29) is 5.82 Å². The first-order valence-electron chi connectivity index (χ1n) is 5.90. The first kappa shape index (κ1) is 14.5. The Bertz CT molecular complexity index is 572. The Kier molecular flexibility index (Phi) is 4.99.